The zero-order chi connectivity index (χ0) is 28.2. The molecule has 40 heavy (non-hydrogen) atoms. The molecule has 0 radical (unpaired) electrons. The molecule has 1 saturated heterocycles. The monoisotopic (exact) mass is 625 g/mol. The maximum atomic E-state index is 14.0. The fourth-order valence-corrected chi connectivity index (χ4v) is 6.62. The van der Waals surface area contributed by atoms with Gasteiger partial charge >= 0.3 is 5.97 Å². The van der Waals surface area contributed by atoms with Gasteiger partial charge in [-0.25, -0.2) is 9.79 Å². The Morgan fingerprint density at radius 3 is 2.58 bits per heavy atom. The van der Waals surface area contributed by atoms with Gasteiger partial charge in [-0.05, 0) is 70.7 Å². The van der Waals surface area contributed by atoms with Crippen LogP contribution in [0.25, 0.3) is 6.08 Å². The second kappa shape index (κ2) is 12.5. The van der Waals surface area contributed by atoms with Crippen molar-refractivity contribution >= 4 is 45.0 Å². The van der Waals surface area contributed by atoms with Crippen LogP contribution in [0.3, 0.4) is 0 Å². The molecule has 0 spiro atoms. The van der Waals surface area contributed by atoms with Crippen LogP contribution in [0.4, 0.5) is 5.69 Å². The minimum Gasteiger partial charge on any atom is -0.496 e. The number of anilines is 1. The first-order chi connectivity index (χ1) is 19.4. The smallest absolute Gasteiger partial charge is 0.338 e. The van der Waals surface area contributed by atoms with Gasteiger partial charge in [-0.15, -0.1) is 0 Å². The molecule has 2 aliphatic rings. The third kappa shape index (κ3) is 5.66. The van der Waals surface area contributed by atoms with Gasteiger partial charge in [0, 0.05) is 18.8 Å². The number of halogens is 1. The third-order valence-corrected chi connectivity index (χ3v) is 8.55. The van der Waals surface area contributed by atoms with E-state index in [9.17, 15) is 9.59 Å². The molecule has 2 aromatic carbocycles. The first-order valence-electron chi connectivity index (χ1n) is 13.4. The highest BCUT2D eigenvalue weighted by molar-refractivity contribution is 9.10. The highest BCUT2D eigenvalue weighted by atomic mass is 79.9. The summed E-state index contributed by atoms with van der Waals surface area (Å²) < 4.78 is 19.3. The molecule has 0 saturated carbocycles. The number of fused-ring (bicyclic) bond motifs is 1. The molecule has 5 rings (SSSR count). The molecular weight excluding hydrogens is 594 g/mol. The molecule has 1 atom stereocenters. The molecule has 210 valence electrons. The largest absolute Gasteiger partial charge is 0.496 e. The van der Waals surface area contributed by atoms with E-state index in [-0.39, 0.29) is 12.2 Å². The molecule has 0 amide bonds. The second-order valence-corrected chi connectivity index (χ2v) is 11.4. The van der Waals surface area contributed by atoms with E-state index < -0.39 is 12.0 Å². The number of hydrogen-bond donors (Lipinski definition) is 0. The molecule has 3 heterocycles. The van der Waals surface area contributed by atoms with Crippen LogP contribution in [0.2, 0.25) is 0 Å². The lowest BCUT2D eigenvalue weighted by Crippen LogP contribution is -2.40. The van der Waals surface area contributed by atoms with Gasteiger partial charge in [0.05, 0.1) is 53.2 Å². The molecule has 0 aliphatic carbocycles. The number of ether oxygens (including phenoxy) is 3. The van der Waals surface area contributed by atoms with Crippen molar-refractivity contribution in [3.63, 3.8) is 0 Å². The molecule has 3 aromatic rings. The highest BCUT2D eigenvalue weighted by Gasteiger charge is 2.34. The summed E-state index contributed by atoms with van der Waals surface area (Å²) in [7, 11) is 1.60. The van der Waals surface area contributed by atoms with E-state index in [0.717, 1.165) is 54.0 Å². The number of aromatic nitrogens is 1. The number of esters is 1. The Bertz CT molecular complexity index is 1600. The van der Waals surface area contributed by atoms with Crippen molar-refractivity contribution in [1.29, 1.82) is 0 Å². The van der Waals surface area contributed by atoms with Gasteiger partial charge in [-0.3, -0.25) is 9.36 Å². The van der Waals surface area contributed by atoms with Gasteiger partial charge in [-0.1, -0.05) is 42.9 Å². The maximum Gasteiger partial charge on any atom is 0.338 e. The summed E-state index contributed by atoms with van der Waals surface area (Å²) in [5, 5.41) is 0. The Hall–Kier alpha value is -3.21. The van der Waals surface area contributed by atoms with Crippen LogP contribution in [0.15, 0.2) is 68.0 Å². The molecule has 1 fully saturated rings. The Kier molecular flexibility index (Phi) is 8.87. The summed E-state index contributed by atoms with van der Waals surface area (Å²) in [4.78, 5) is 35.0. The summed E-state index contributed by atoms with van der Waals surface area (Å²) in [6.45, 7) is 7.22. The van der Waals surface area contributed by atoms with E-state index in [1.54, 1.807) is 18.6 Å². The minimum absolute atomic E-state index is 0.199. The SMILES string of the molecule is CCCC1=C(C(=O)OCC)[C@H](c2ccc(OC)c(Br)c2)n2c(s/c(=C/c3ccc(N4CCOCC4)cc3)c2=O)=N1. The lowest BCUT2D eigenvalue weighted by Gasteiger charge is -2.28. The topological polar surface area (TPSA) is 82.4 Å². The number of carbonyl (C=O) groups is 1. The summed E-state index contributed by atoms with van der Waals surface area (Å²) in [5.74, 6) is 0.201. The van der Waals surface area contributed by atoms with Crippen LogP contribution in [0, 0.1) is 0 Å². The predicted octanol–water partition coefficient (Wildman–Crippen LogP) is 4.19. The number of morpholine rings is 1. The van der Waals surface area contributed by atoms with Crippen molar-refractivity contribution in [1.82, 2.24) is 4.57 Å². The van der Waals surface area contributed by atoms with Gasteiger partial charge in [0.2, 0.25) is 0 Å². The van der Waals surface area contributed by atoms with Crippen molar-refractivity contribution < 1.29 is 19.0 Å². The summed E-state index contributed by atoms with van der Waals surface area (Å²) in [5.41, 5.74) is 3.67. The number of thiazole rings is 1. The van der Waals surface area contributed by atoms with Crippen LogP contribution in [-0.2, 0) is 14.3 Å². The van der Waals surface area contributed by atoms with E-state index in [1.807, 2.05) is 43.3 Å². The van der Waals surface area contributed by atoms with Gasteiger partial charge in [0.1, 0.15) is 5.75 Å². The average molecular weight is 627 g/mol. The molecule has 10 heteroatoms. The zero-order valence-corrected chi connectivity index (χ0v) is 25.2. The van der Waals surface area contributed by atoms with E-state index in [0.29, 0.717) is 32.8 Å². The normalized spacial score (nSPS) is 17.4. The van der Waals surface area contributed by atoms with Crippen molar-refractivity contribution in [2.75, 3.05) is 44.9 Å². The van der Waals surface area contributed by atoms with Crippen molar-refractivity contribution in [3.05, 3.63) is 89.0 Å². The van der Waals surface area contributed by atoms with Gasteiger partial charge in [0.25, 0.3) is 5.56 Å². The molecule has 2 aliphatic heterocycles. The summed E-state index contributed by atoms with van der Waals surface area (Å²) >= 11 is 4.90. The second-order valence-electron chi connectivity index (χ2n) is 9.50. The fraction of sp³-hybridized carbons (Fsp3) is 0.367. The van der Waals surface area contributed by atoms with Crippen LogP contribution < -0.4 is 24.5 Å². The number of carbonyl (C=O) groups excluding carboxylic acids is 1. The third-order valence-electron chi connectivity index (χ3n) is 6.95. The van der Waals surface area contributed by atoms with Crippen LogP contribution in [0.1, 0.15) is 43.9 Å². The number of hydrogen-bond acceptors (Lipinski definition) is 8. The molecule has 1 aromatic heterocycles. The van der Waals surface area contributed by atoms with E-state index >= 15 is 0 Å². The average Bonchev–Trinajstić information content (AvgIpc) is 3.27. The Morgan fingerprint density at radius 2 is 1.93 bits per heavy atom. The first-order valence-corrected chi connectivity index (χ1v) is 15.0. The number of allylic oxidation sites excluding steroid dienone is 1. The first kappa shape index (κ1) is 28.3. The fourth-order valence-electron chi connectivity index (χ4n) is 5.04. The summed E-state index contributed by atoms with van der Waals surface area (Å²) in [6.07, 6.45) is 3.28. The molecule has 0 bridgehead atoms. The van der Waals surface area contributed by atoms with E-state index in [1.165, 1.54) is 11.3 Å². The highest BCUT2D eigenvalue weighted by Crippen LogP contribution is 2.36. The lowest BCUT2D eigenvalue weighted by atomic mass is 9.94. The van der Waals surface area contributed by atoms with E-state index in [2.05, 4.69) is 33.0 Å². The number of benzene rings is 2. The van der Waals surface area contributed by atoms with Crippen LogP contribution in [-0.4, -0.2) is 50.6 Å². The Morgan fingerprint density at radius 1 is 1.18 bits per heavy atom. The maximum absolute atomic E-state index is 14.0. The van der Waals surface area contributed by atoms with E-state index in [4.69, 9.17) is 19.2 Å². The Labute approximate surface area is 245 Å². The summed E-state index contributed by atoms with van der Waals surface area (Å²) in [6, 6.07) is 13.1. The molecule has 0 unspecified atom stereocenters. The van der Waals surface area contributed by atoms with Crippen LogP contribution >= 0.6 is 27.3 Å². The van der Waals surface area contributed by atoms with Gasteiger partial charge in [0.15, 0.2) is 4.80 Å². The Balaban J connectivity index is 1.63. The zero-order valence-electron chi connectivity index (χ0n) is 22.8. The predicted molar refractivity (Wildman–Crippen MR) is 160 cm³/mol. The van der Waals surface area contributed by atoms with Crippen molar-refractivity contribution in [3.8, 4) is 5.75 Å². The standard InChI is InChI=1S/C30H32BrN3O5S/c1-4-6-23-26(29(36)39-5-2)27(20-9-12-24(37-3)22(31)18-20)34-28(35)25(40-30(34)32-23)17-19-7-10-21(11-8-19)33-13-15-38-16-14-33/h7-12,17-18,27H,4-6,13-16H2,1-3H3/b25-17+/t27-/m0/s1. The van der Waals surface area contributed by atoms with Crippen LogP contribution in [0.5, 0.6) is 5.75 Å². The number of methoxy groups -OCH3 is 1. The van der Waals surface area contributed by atoms with Crippen molar-refractivity contribution in [2.24, 2.45) is 4.99 Å². The molecule has 0 N–H and O–H groups in total. The number of rotatable bonds is 8. The van der Waals surface area contributed by atoms with Gasteiger partial charge < -0.3 is 19.1 Å². The molecule has 8 nitrogen and oxygen atoms in total. The van der Waals surface area contributed by atoms with Gasteiger partial charge in [-0.2, -0.15) is 0 Å². The van der Waals surface area contributed by atoms with Crippen molar-refractivity contribution in [2.45, 2.75) is 32.7 Å². The quantitative estimate of drug-likeness (QED) is 0.349. The minimum atomic E-state index is -0.676. The number of nitrogens with zero attached hydrogens (tertiary/aromatic N) is 3. The lowest BCUT2D eigenvalue weighted by molar-refractivity contribution is -0.139. The molecular formula is C30H32BrN3O5S.